The van der Waals surface area contributed by atoms with Gasteiger partial charge in [-0.2, -0.15) is 0 Å². The number of unbranched alkanes of at least 4 members (excludes halogenated alkanes) is 1. The SMILES string of the molecule is CN(CCCCC(=O)NN)CC1CCCC1. The van der Waals surface area contributed by atoms with Gasteiger partial charge < -0.3 is 4.90 Å². The van der Waals surface area contributed by atoms with Gasteiger partial charge in [0.1, 0.15) is 0 Å². The monoisotopic (exact) mass is 227 g/mol. The number of carbonyl (C=O) groups excluding carboxylic acids is 1. The van der Waals surface area contributed by atoms with E-state index in [1.807, 2.05) is 0 Å². The van der Waals surface area contributed by atoms with Crippen LogP contribution in [0, 0.1) is 5.92 Å². The summed E-state index contributed by atoms with van der Waals surface area (Å²) in [7, 11) is 2.18. The molecule has 0 atom stereocenters. The predicted octanol–water partition coefficient (Wildman–Crippen LogP) is 1.27. The average Bonchev–Trinajstić information content (AvgIpc) is 2.76. The second-order valence-corrected chi connectivity index (χ2v) is 4.94. The first-order valence-electron chi connectivity index (χ1n) is 6.40. The number of nitrogens with zero attached hydrogens (tertiary/aromatic N) is 1. The predicted molar refractivity (Wildman–Crippen MR) is 65.6 cm³/mol. The van der Waals surface area contributed by atoms with E-state index in [1.165, 1.54) is 32.2 Å². The lowest BCUT2D eigenvalue weighted by molar-refractivity contribution is -0.121. The lowest BCUT2D eigenvalue weighted by Crippen LogP contribution is -2.30. The molecule has 0 aromatic rings. The highest BCUT2D eigenvalue weighted by atomic mass is 16.2. The Hall–Kier alpha value is -0.610. The molecule has 0 aliphatic heterocycles. The Labute approximate surface area is 98.5 Å². The summed E-state index contributed by atoms with van der Waals surface area (Å²) in [4.78, 5) is 13.3. The van der Waals surface area contributed by atoms with E-state index in [0.717, 1.165) is 25.3 Å². The lowest BCUT2D eigenvalue weighted by atomic mass is 10.1. The van der Waals surface area contributed by atoms with Gasteiger partial charge in [0.25, 0.3) is 0 Å². The second kappa shape index (κ2) is 7.63. The average molecular weight is 227 g/mol. The van der Waals surface area contributed by atoms with Crippen LogP contribution in [-0.4, -0.2) is 30.9 Å². The second-order valence-electron chi connectivity index (χ2n) is 4.94. The van der Waals surface area contributed by atoms with Crippen LogP contribution in [0.1, 0.15) is 44.9 Å². The van der Waals surface area contributed by atoms with Crippen LogP contribution in [0.3, 0.4) is 0 Å². The van der Waals surface area contributed by atoms with E-state index in [2.05, 4.69) is 17.4 Å². The number of hydrogen-bond donors (Lipinski definition) is 2. The molecule has 94 valence electrons. The summed E-state index contributed by atoms with van der Waals surface area (Å²) < 4.78 is 0. The number of hydrogen-bond acceptors (Lipinski definition) is 3. The summed E-state index contributed by atoms with van der Waals surface area (Å²) in [6.07, 6.45) is 8.19. The van der Waals surface area contributed by atoms with Crippen LogP contribution >= 0.6 is 0 Å². The maximum absolute atomic E-state index is 10.9. The number of carbonyl (C=O) groups is 1. The molecule has 0 aromatic heterocycles. The number of rotatable bonds is 7. The smallest absolute Gasteiger partial charge is 0.233 e. The van der Waals surface area contributed by atoms with Gasteiger partial charge in [-0.25, -0.2) is 5.84 Å². The van der Waals surface area contributed by atoms with Crippen LogP contribution in [0.25, 0.3) is 0 Å². The maximum atomic E-state index is 10.9. The molecule has 1 amide bonds. The summed E-state index contributed by atoms with van der Waals surface area (Å²) in [6.45, 7) is 2.32. The Morgan fingerprint density at radius 2 is 2.06 bits per heavy atom. The molecule has 1 aliphatic rings. The van der Waals surface area contributed by atoms with Gasteiger partial charge in [-0.15, -0.1) is 0 Å². The third-order valence-corrected chi connectivity index (χ3v) is 3.40. The van der Waals surface area contributed by atoms with E-state index in [4.69, 9.17) is 5.84 Å². The molecular formula is C12H25N3O. The summed E-state index contributed by atoms with van der Waals surface area (Å²) in [6, 6.07) is 0. The van der Waals surface area contributed by atoms with Crippen LogP contribution in [0.4, 0.5) is 0 Å². The Morgan fingerprint density at radius 1 is 1.38 bits per heavy atom. The number of nitrogens with two attached hydrogens (primary N) is 1. The normalized spacial score (nSPS) is 16.9. The molecule has 4 nitrogen and oxygen atoms in total. The van der Waals surface area contributed by atoms with Crippen molar-refractivity contribution in [3.05, 3.63) is 0 Å². The van der Waals surface area contributed by atoms with E-state index in [1.54, 1.807) is 0 Å². The van der Waals surface area contributed by atoms with Crippen molar-refractivity contribution in [1.29, 1.82) is 0 Å². The quantitative estimate of drug-likeness (QED) is 0.298. The molecule has 0 saturated heterocycles. The van der Waals surface area contributed by atoms with E-state index < -0.39 is 0 Å². The molecule has 1 fully saturated rings. The molecule has 1 saturated carbocycles. The van der Waals surface area contributed by atoms with Crippen molar-refractivity contribution in [2.75, 3.05) is 20.1 Å². The highest BCUT2D eigenvalue weighted by Gasteiger charge is 2.16. The highest BCUT2D eigenvalue weighted by molar-refractivity contribution is 5.74. The lowest BCUT2D eigenvalue weighted by Gasteiger charge is -2.20. The van der Waals surface area contributed by atoms with Crippen molar-refractivity contribution in [2.45, 2.75) is 44.9 Å². The van der Waals surface area contributed by atoms with Gasteiger partial charge in [0.15, 0.2) is 0 Å². The number of nitrogens with one attached hydrogen (secondary N) is 1. The molecule has 0 bridgehead atoms. The maximum Gasteiger partial charge on any atom is 0.233 e. The topological polar surface area (TPSA) is 58.4 Å². The van der Waals surface area contributed by atoms with Gasteiger partial charge in [-0.05, 0) is 45.2 Å². The van der Waals surface area contributed by atoms with Crippen LogP contribution < -0.4 is 11.3 Å². The van der Waals surface area contributed by atoms with Crippen LogP contribution in [0.2, 0.25) is 0 Å². The largest absolute Gasteiger partial charge is 0.306 e. The van der Waals surface area contributed by atoms with E-state index in [0.29, 0.717) is 6.42 Å². The third-order valence-electron chi connectivity index (χ3n) is 3.40. The Kier molecular flexibility index (Phi) is 6.42. The van der Waals surface area contributed by atoms with Crippen molar-refractivity contribution in [1.82, 2.24) is 10.3 Å². The number of hydrazine groups is 1. The van der Waals surface area contributed by atoms with Crippen molar-refractivity contribution in [3.8, 4) is 0 Å². The Morgan fingerprint density at radius 3 is 2.69 bits per heavy atom. The Balaban J connectivity index is 1.97. The zero-order valence-electron chi connectivity index (χ0n) is 10.4. The van der Waals surface area contributed by atoms with E-state index in [9.17, 15) is 4.79 Å². The van der Waals surface area contributed by atoms with Crippen molar-refractivity contribution in [2.24, 2.45) is 11.8 Å². The fourth-order valence-corrected chi connectivity index (χ4v) is 2.46. The third kappa shape index (κ3) is 5.47. The number of amides is 1. The molecule has 16 heavy (non-hydrogen) atoms. The zero-order chi connectivity index (χ0) is 11.8. The first kappa shape index (κ1) is 13.5. The van der Waals surface area contributed by atoms with E-state index in [-0.39, 0.29) is 5.91 Å². The van der Waals surface area contributed by atoms with Crippen molar-refractivity contribution < 1.29 is 4.79 Å². The van der Waals surface area contributed by atoms with Gasteiger partial charge in [0.05, 0.1) is 0 Å². The van der Waals surface area contributed by atoms with Gasteiger partial charge in [0, 0.05) is 13.0 Å². The first-order chi connectivity index (χ1) is 7.72. The summed E-state index contributed by atoms with van der Waals surface area (Å²) >= 11 is 0. The van der Waals surface area contributed by atoms with Crippen LogP contribution in [-0.2, 0) is 4.79 Å². The first-order valence-corrected chi connectivity index (χ1v) is 6.40. The molecule has 0 radical (unpaired) electrons. The fourth-order valence-electron chi connectivity index (χ4n) is 2.46. The van der Waals surface area contributed by atoms with Gasteiger partial charge >= 0.3 is 0 Å². The molecule has 1 aliphatic carbocycles. The van der Waals surface area contributed by atoms with Gasteiger partial charge in [-0.3, -0.25) is 10.2 Å². The highest BCUT2D eigenvalue weighted by Crippen LogP contribution is 2.25. The van der Waals surface area contributed by atoms with E-state index >= 15 is 0 Å². The minimum Gasteiger partial charge on any atom is -0.306 e. The van der Waals surface area contributed by atoms with Crippen molar-refractivity contribution in [3.63, 3.8) is 0 Å². The van der Waals surface area contributed by atoms with Crippen LogP contribution in [0.5, 0.6) is 0 Å². The summed E-state index contributed by atoms with van der Waals surface area (Å²) in [5.74, 6) is 5.87. The molecule has 0 heterocycles. The molecule has 3 N–H and O–H groups in total. The molecule has 0 unspecified atom stereocenters. The minimum absolute atomic E-state index is 0.0570. The van der Waals surface area contributed by atoms with Gasteiger partial charge in [0.2, 0.25) is 5.91 Å². The Bertz CT molecular complexity index is 202. The zero-order valence-corrected chi connectivity index (χ0v) is 10.4. The van der Waals surface area contributed by atoms with Crippen molar-refractivity contribution >= 4 is 5.91 Å². The molecule has 1 rings (SSSR count). The standard InChI is InChI=1S/C12H25N3O/c1-15(10-11-6-2-3-7-11)9-5-4-8-12(16)14-13/h11H,2-10,13H2,1H3,(H,14,16). The molecule has 0 aromatic carbocycles. The minimum atomic E-state index is -0.0570. The van der Waals surface area contributed by atoms with Crippen LogP contribution in [0.15, 0.2) is 0 Å². The molecule has 4 heteroatoms. The summed E-state index contributed by atoms with van der Waals surface area (Å²) in [5.41, 5.74) is 2.16. The fraction of sp³-hybridized carbons (Fsp3) is 0.917. The molecule has 0 spiro atoms. The molecular weight excluding hydrogens is 202 g/mol. The van der Waals surface area contributed by atoms with Gasteiger partial charge in [-0.1, -0.05) is 12.8 Å². The summed E-state index contributed by atoms with van der Waals surface area (Å²) in [5, 5.41) is 0.